The Morgan fingerprint density at radius 2 is 1.87 bits per heavy atom. The molecule has 242 valence electrons. The molecular weight excluding hydrogens is 579 g/mol. The summed E-state index contributed by atoms with van der Waals surface area (Å²) in [5.74, 6) is -1.30. The Bertz CT molecular complexity index is 1400. The number of carbonyl (C=O) groups excluding carboxylic acids is 3. The van der Waals surface area contributed by atoms with Crippen molar-refractivity contribution in [3.63, 3.8) is 0 Å². The Labute approximate surface area is 263 Å². The molecule has 5 rings (SSSR count). The molecule has 11 heteroatoms. The van der Waals surface area contributed by atoms with Gasteiger partial charge in [-0.3, -0.25) is 19.4 Å². The molecule has 3 heterocycles. The van der Waals surface area contributed by atoms with Crippen LogP contribution in [0.2, 0.25) is 0 Å². The van der Waals surface area contributed by atoms with E-state index < -0.39 is 41.6 Å². The number of nitrogens with one attached hydrogen (secondary N) is 1. The fourth-order valence-electron chi connectivity index (χ4n) is 6.13. The molecule has 0 aliphatic carbocycles. The van der Waals surface area contributed by atoms with Crippen molar-refractivity contribution in [2.24, 2.45) is 5.92 Å². The number of piperazine rings is 1. The quantitative estimate of drug-likeness (QED) is 0.504. The lowest BCUT2D eigenvalue weighted by atomic mass is 9.92. The van der Waals surface area contributed by atoms with Gasteiger partial charge in [0.2, 0.25) is 11.8 Å². The van der Waals surface area contributed by atoms with Gasteiger partial charge in [0.15, 0.2) is 0 Å². The number of aliphatic hydroxyl groups excluding tert-OH is 1. The number of ether oxygens (including phenoxy) is 2. The molecule has 2 aromatic rings. The molecule has 0 radical (unpaired) electrons. The molecule has 3 aliphatic heterocycles. The van der Waals surface area contributed by atoms with Crippen LogP contribution < -0.4 is 10.1 Å². The second-order valence-electron chi connectivity index (χ2n) is 13.0. The van der Waals surface area contributed by atoms with E-state index >= 15 is 0 Å². The molecule has 3 amide bonds. The highest BCUT2D eigenvalue weighted by Gasteiger charge is 2.42. The summed E-state index contributed by atoms with van der Waals surface area (Å²) in [5.41, 5.74) is 0.854. The predicted octanol–water partition coefficient (Wildman–Crippen LogP) is 3.13. The van der Waals surface area contributed by atoms with Gasteiger partial charge in [0.25, 0.3) is 0 Å². The summed E-state index contributed by atoms with van der Waals surface area (Å²) in [6.07, 6.45) is 1.87. The minimum atomic E-state index is -1.25. The van der Waals surface area contributed by atoms with E-state index in [2.05, 4.69) is 10.2 Å². The van der Waals surface area contributed by atoms with Crippen LogP contribution in [0.3, 0.4) is 0 Å². The topological polar surface area (TPSA) is 112 Å². The van der Waals surface area contributed by atoms with Gasteiger partial charge in [-0.1, -0.05) is 36.4 Å². The highest BCUT2D eigenvalue weighted by Crippen LogP contribution is 2.25. The molecule has 0 saturated carbocycles. The maximum absolute atomic E-state index is 14.7. The zero-order valence-corrected chi connectivity index (χ0v) is 26.2. The summed E-state index contributed by atoms with van der Waals surface area (Å²) < 4.78 is 26.2. The summed E-state index contributed by atoms with van der Waals surface area (Å²) in [5, 5.41) is 15.1. The standard InChI is InChI=1S/C34H43FN4O6/c1-34(2,3)45-33(43)39-13-12-37(20-23-9-5-4-6-10-23)22-29(39)31(41)28-17-24-15-26(35)19-27(16-24)44-14-8-7-11-38-21-25(18-30(38)40)32(42)36-28/h4-10,15-16,19,25,28-29,31,41H,11-14,17-18,20-22H2,1-3H3,(H,36,42)/b8-7-/t25?,28-,29+,31-/m0/s1. The number of nitrogens with zero attached hydrogens (tertiary/aromatic N) is 3. The molecule has 10 nitrogen and oxygen atoms in total. The molecule has 2 aromatic carbocycles. The van der Waals surface area contributed by atoms with Crippen molar-refractivity contribution < 1.29 is 33.4 Å². The van der Waals surface area contributed by atoms with Gasteiger partial charge in [-0.2, -0.15) is 0 Å². The van der Waals surface area contributed by atoms with Crippen LogP contribution in [-0.4, -0.2) is 101 Å². The third-order valence-corrected chi connectivity index (χ3v) is 8.32. The van der Waals surface area contributed by atoms with Crippen LogP contribution >= 0.6 is 0 Å². The van der Waals surface area contributed by atoms with Crippen molar-refractivity contribution in [2.45, 2.75) is 63.9 Å². The Morgan fingerprint density at radius 3 is 2.62 bits per heavy atom. The second kappa shape index (κ2) is 14.0. The number of hydrogen-bond donors (Lipinski definition) is 2. The molecule has 3 aliphatic rings. The first kappa shape index (κ1) is 32.4. The monoisotopic (exact) mass is 622 g/mol. The maximum atomic E-state index is 14.7. The highest BCUT2D eigenvalue weighted by atomic mass is 19.1. The molecular formula is C34H43FN4O6. The first-order chi connectivity index (χ1) is 21.4. The van der Waals surface area contributed by atoms with Gasteiger partial charge in [0.05, 0.1) is 24.1 Å². The van der Waals surface area contributed by atoms with Crippen LogP contribution in [0.4, 0.5) is 9.18 Å². The lowest BCUT2D eigenvalue weighted by Crippen LogP contribution is -2.64. The van der Waals surface area contributed by atoms with E-state index in [1.165, 1.54) is 17.0 Å². The Balaban J connectivity index is 1.46. The number of benzene rings is 2. The van der Waals surface area contributed by atoms with Gasteiger partial charge < -0.3 is 24.8 Å². The number of fused-ring (bicyclic) bond motifs is 4. The largest absolute Gasteiger partial charge is 0.489 e. The third kappa shape index (κ3) is 8.61. The number of halogens is 1. The molecule has 0 spiro atoms. The van der Waals surface area contributed by atoms with Gasteiger partial charge in [0.1, 0.15) is 23.8 Å². The summed E-state index contributed by atoms with van der Waals surface area (Å²) in [4.78, 5) is 45.0. The van der Waals surface area contributed by atoms with E-state index in [0.717, 1.165) is 5.56 Å². The van der Waals surface area contributed by atoms with Gasteiger partial charge >= 0.3 is 6.09 Å². The van der Waals surface area contributed by atoms with Crippen LogP contribution in [0.25, 0.3) is 0 Å². The van der Waals surface area contributed by atoms with Crippen LogP contribution in [0.1, 0.15) is 38.3 Å². The smallest absolute Gasteiger partial charge is 0.410 e. The number of carbonyl (C=O) groups is 3. The number of hydrogen-bond acceptors (Lipinski definition) is 7. The average molecular weight is 623 g/mol. The number of aliphatic hydroxyl groups is 1. The summed E-state index contributed by atoms with van der Waals surface area (Å²) in [6, 6.07) is 12.6. The van der Waals surface area contributed by atoms with Crippen LogP contribution in [0, 0.1) is 11.7 Å². The van der Waals surface area contributed by atoms with Crippen molar-refractivity contribution in [1.82, 2.24) is 20.0 Å². The van der Waals surface area contributed by atoms with Crippen LogP contribution in [-0.2, 0) is 27.3 Å². The Kier molecular flexibility index (Phi) is 10.1. The Morgan fingerprint density at radius 1 is 1.09 bits per heavy atom. The average Bonchev–Trinajstić information content (AvgIpc) is 3.35. The predicted molar refractivity (Wildman–Crippen MR) is 166 cm³/mol. The SMILES string of the molecule is CC(C)(C)OC(=O)N1CCN(Cc2ccccc2)C[C@@H]1[C@@H](O)[C@@H]1Cc2cc(F)cc(c2)OC/C=C\CN2CC(CC2=O)C(=O)N1. The Hall–Kier alpha value is -3.96. The van der Waals surface area contributed by atoms with Crippen LogP contribution in [0.15, 0.2) is 60.7 Å². The highest BCUT2D eigenvalue weighted by molar-refractivity contribution is 5.89. The molecule has 2 saturated heterocycles. The van der Waals surface area contributed by atoms with E-state index in [-0.39, 0.29) is 37.8 Å². The zero-order chi connectivity index (χ0) is 32.1. The normalized spacial score (nSPS) is 24.6. The number of rotatable bonds is 4. The summed E-state index contributed by atoms with van der Waals surface area (Å²) >= 11 is 0. The fraction of sp³-hybridized carbons (Fsp3) is 0.500. The van der Waals surface area contributed by atoms with Crippen molar-refractivity contribution in [3.8, 4) is 5.75 Å². The van der Waals surface area contributed by atoms with Crippen molar-refractivity contribution in [3.05, 3.63) is 77.6 Å². The van der Waals surface area contributed by atoms with Crippen molar-refractivity contribution in [1.29, 1.82) is 0 Å². The first-order valence-electron chi connectivity index (χ1n) is 15.5. The molecule has 4 atom stereocenters. The van der Waals surface area contributed by atoms with E-state index in [4.69, 9.17) is 9.47 Å². The number of amides is 3. The second-order valence-corrected chi connectivity index (χ2v) is 13.0. The van der Waals surface area contributed by atoms with E-state index in [9.17, 15) is 23.9 Å². The molecule has 1 unspecified atom stereocenters. The minimum absolute atomic E-state index is 0.0570. The maximum Gasteiger partial charge on any atom is 0.410 e. The third-order valence-electron chi connectivity index (χ3n) is 8.32. The summed E-state index contributed by atoms with van der Waals surface area (Å²) in [7, 11) is 0. The summed E-state index contributed by atoms with van der Waals surface area (Å²) in [6.45, 7) is 7.92. The lowest BCUT2D eigenvalue weighted by molar-refractivity contribution is -0.129. The zero-order valence-electron chi connectivity index (χ0n) is 26.2. The molecule has 4 bridgehead atoms. The molecule has 2 N–H and O–H groups in total. The molecule has 2 fully saturated rings. The molecule has 45 heavy (non-hydrogen) atoms. The van der Waals surface area contributed by atoms with E-state index in [1.54, 1.807) is 43.9 Å². The van der Waals surface area contributed by atoms with Gasteiger partial charge in [-0.05, 0) is 56.5 Å². The first-order valence-corrected chi connectivity index (χ1v) is 15.5. The van der Waals surface area contributed by atoms with Crippen molar-refractivity contribution in [2.75, 3.05) is 39.3 Å². The van der Waals surface area contributed by atoms with Gasteiger partial charge in [-0.15, -0.1) is 0 Å². The lowest BCUT2D eigenvalue weighted by Gasteiger charge is -2.45. The van der Waals surface area contributed by atoms with Gasteiger partial charge in [0, 0.05) is 51.8 Å². The molecule has 0 aromatic heterocycles. The minimum Gasteiger partial charge on any atom is -0.489 e. The van der Waals surface area contributed by atoms with Crippen molar-refractivity contribution >= 4 is 17.9 Å². The van der Waals surface area contributed by atoms with Gasteiger partial charge in [-0.25, -0.2) is 9.18 Å². The van der Waals surface area contributed by atoms with Crippen LogP contribution in [0.5, 0.6) is 5.75 Å². The van der Waals surface area contributed by atoms with E-state index in [0.29, 0.717) is 44.0 Å². The van der Waals surface area contributed by atoms with E-state index in [1.807, 2.05) is 30.3 Å². The fourth-order valence-corrected chi connectivity index (χ4v) is 6.13.